The van der Waals surface area contributed by atoms with Crippen molar-refractivity contribution in [3.63, 3.8) is 0 Å². The van der Waals surface area contributed by atoms with Crippen molar-refractivity contribution in [2.45, 2.75) is 6.92 Å². The minimum atomic E-state index is -0.656. The molecule has 0 saturated heterocycles. The molecule has 0 aliphatic carbocycles. The van der Waals surface area contributed by atoms with Crippen molar-refractivity contribution >= 4 is 22.9 Å². The van der Waals surface area contributed by atoms with Crippen LogP contribution in [0.15, 0.2) is 36.4 Å². The van der Waals surface area contributed by atoms with E-state index in [2.05, 4.69) is 5.32 Å². The molecular formula is C14H10F3NS. The SMILES string of the molecule is Cc1ccc(C(=S)Nc2cc(F)ccc2F)c(F)c1. The Morgan fingerprint density at radius 1 is 1.00 bits per heavy atom. The molecule has 0 atom stereocenters. The Labute approximate surface area is 114 Å². The molecule has 1 nitrogen and oxygen atoms in total. The summed E-state index contributed by atoms with van der Waals surface area (Å²) in [5.41, 5.74) is 0.773. The van der Waals surface area contributed by atoms with E-state index in [1.165, 1.54) is 12.1 Å². The van der Waals surface area contributed by atoms with Crippen LogP contribution in [0.3, 0.4) is 0 Å². The summed E-state index contributed by atoms with van der Waals surface area (Å²) >= 11 is 5.00. The first-order valence-corrected chi connectivity index (χ1v) is 5.91. The molecule has 0 saturated carbocycles. The second-order valence-electron chi connectivity index (χ2n) is 4.06. The molecule has 0 aliphatic rings. The second kappa shape index (κ2) is 5.40. The fourth-order valence-corrected chi connectivity index (χ4v) is 1.86. The third-order valence-electron chi connectivity index (χ3n) is 2.55. The van der Waals surface area contributed by atoms with Crippen LogP contribution in [-0.4, -0.2) is 4.99 Å². The third kappa shape index (κ3) is 3.12. The number of anilines is 1. The van der Waals surface area contributed by atoms with Crippen molar-refractivity contribution in [3.05, 3.63) is 65.0 Å². The predicted octanol–water partition coefficient (Wildman–Crippen LogP) is 4.20. The van der Waals surface area contributed by atoms with Crippen molar-refractivity contribution in [1.29, 1.82) is 0 Å². The zero-order valence-electron chi connectivity index (χ0n) is 10.0. The molecule has 0 radical (unpaired) electrons. The van der Waals surface area contributed by atoms with Gasteiger partial charge in [-0.1, -0.05) is 18.3 Å². The topological polar surface area (TPSA) is 12.0 Å². The Bertz CT molecular complexity index is 641. The number of aryl methyl sites for hydroxylation is 1. The molecule has 5 heteroatoms. The normalized spacial score (nSPS) is 10.3. The molecule has 2 aromatic carbocycles. The van der Waals surface area contributed by atoms with E-state index in [0.29, 0.717) is 0 Å². The van der Waals surface area contributed by atoms with Crippen LogP contribution < -0.4 is 5.32 Å². The summed E-state index contributed by atoms with van der Waals surface area (Å²) in [4.78, 5) is 0.00185. The lowest BCUT2D eigenvalue weighted by molar-refractivity contribution is 0.604. The highest BCUT2D eigenvalue weighted by Crippen LogP contribution is 2.18. The van der Waals surface area contributed by atoms with Crippen molar-refractivity contribution in [1.82, 2.24) is 0 Å². The monoisotopic (exact) mass is 281 g/mol. The zero-order valence-corrected chi connectivity index (χ0v) is 10.8. The highest BCUT2D eigenvalue weighted by molar-refractivity contribution is 7.81. The van der Waals surface area contributed by atoms with Gasteiger partial charge in [0.05, 0.1) is 5.69 Å². The van der Waals surface area contributed by atoms with Gasteiger partial charge in [0.1, 0.15) is 22.4 Å². The third-order valence-corrected chi connectivity index (χ3v) is 2.87. The lowest BCUT2D eigenvalue weighted by Gasteiger charge is -2.10. The predicted molar refractivity (Wildman–Crippen MR) is 72.8 cm³/mol. The maximum atomic E-state index is 13.7. The van der Waals surface area contributed by atoms with E-state index in [4.69, 9.17) is 12.2 Å². The molecule has 0 aromatic heterocycles. The van der Waals surface area contributed by atoms with E-state index in [1.807, 2.05) is 0 Å². The average molecular weight is 281 g/mol. The summed E-state index contributed by atoms with van der Waals surface area (Å²) in [7, 11) is 0. The number of hydrogen-bond acceptors (Lipinski definition) is 1. The van der Waals surface area contributed by atoms with Gasteiger partial charge in [-0.3, -0.25) is 0 Å². The molecule has 0 fully saturated rings. The first-order valence-electron chi connectivity index (χ1n) is 5.50. The molecular weight excluding hydrogens is 271 g/mol. The number of rotatable bonds is 2. The van der Waals surface area contributed by atoms with Crippen molar-refractivity contribution in [2.75, 3.05) is 5.32 Å². The second-order valence-corrected chi connectivity index (χ2v) is 4.47. The van der Waals surface area contributed by atoms with Gasteiger partial charge in [-0.15, -0.1) is 0 Å². The van der Waals surface area contributed by atoms with Gasteiger partial charge in [-0.05, 0) is 36.8 Å². The van der Waals surface area contributed by atoms with Gasteiger partial charge in [0.2, 0.25) is 0 Å². The maximum absolute atomic E-state index is 13.7. The lowest BCUT2D eigenvalue weighted by atomic mass is 10.1. The van der Waals surface area contributed by atoms with Crippen LogP contribution in [0.2, 0.25) is 0 Å². The average Bonchev–Trinajstić information content (AvgIpc) is 2.33. The fraction of sp³-hybridized carbons (Fsp3) is 0.0714. The Hall–Kier alpha value is -1.88. The largest absolute Gasteiger partial charge is 0.344 e. The summed E-state index contributed by atoms with van der Waals surface area (Å²) in [6, 6.07) is 7.45. The van der Waals surface area contributed by atoms with Gasteiger partial charge < -0.3 is 5.32 Å². The van der Waals surface area contributed by atoms with Crippen molar-refractivity contribution in [3.8, 4) is 0 Å². The highest BCUT2D eigenvalue weighted by atomic mass is 32.1. The Morgan fingerprint density at radius 3 is 2.42 bits per heavy atom. The van der Waals surface area contributed by atoms with Crippen LogP contribution in [0.5, 0.6) is 0 Å². The minimum absolute atomic E-state index is 0.00185. The van der Waals surface area contributed by atoms with Crippen LogP contribution in [0.25, 0.3) is 0 Å². The van der Waals surface area contributed by atoms with Crippen LogP contribution in [0, 0.1) is 24.4 Å². The van der Waals surface area contributed by atoms with Crippen LogP contribution in [0.1, 0.15) is 11.1 Å². The zero-order chi connectivity index (χ0) is 14.0. The summed E-state index contributed by atoms with van der Waals surface area (Å²) in [5.74, 6) is -1.76. The molecule has 0 bridgehead atoms. The summed E-state index contributed by atoms with van der Waals surface area (Å²) in [6.07, 6.45) is 0. The Morgan fingerprint density at radius 2 is 1.74 bits per heavy atom. The van der Waals surface area contributed by atoms with Crippen LogP contribution in [-0.2, 0) is 0 Å². The summed E-state index contributed by atoms with van der Waals surface area (Å²) in [6.45, 7) is 1.75. The molecule has 2 rings (SSSR count). The molecule has 2 aromatic rings. The Kier molecular flexibility index (Phi) is 3.85. The smallest absolute Gasteiger partial charge is 0.146 e. The molecule has 0 aliphatic heterocycles. The molecule has 0 heterocycles. The number of thiocarbonyl (C=S) groups is 1. The Balaban J connectivity index is 2.28. The molecule has 1 N–H and O–H groups in total. The maximum Gasteiger partial charge on any atom is 0.146 e. The first-order chi connectivity index (χ1) is 8.97. The standard InChI is InChI=1S/C14H10F3NS/c1-8-2-4-10(12(17)6-8)14(19)18-13-7-9(15)3-5-11(13)16/h2-7H,1H3,(H,18,19). The van der Waals surface area contributed by atoms with Gasteiger partial charge in [0, 0.05) is 11.6 Å². The molecule has 0 spiro atoms. The van der Waals surface area contributed by atoms with Crippen molar-refractivity contribution in [2.24, 2.45) is 0 Å². The summed E-state index contributed by atoms with van der Waals surface area (Å²) < 4.78 is 40.1. The van der Waals surface area contributed by atoms with Gasteiger partial charge >= 0.3 is 0 Å². The van der Waals surface area contributed by atoms with Gasteiger partial charge in [-0.25, -0.2) is 13.2 Å². The highest BCUT2D eigenvalue weighted by Gasteiger charge is 2.11. The molecule has 19 heavy (non-hydrogen) atoms. The van der Waals surface area contributed by atoms with E-state index in [0.717, 1.165) is 23.8 Å². The number of benzene rings is 2. The number of hydrogen-bond donors (Lipinski definition) is 1. The van der Waals surface area contributed by atoms with E-state index < -0.39 is 17.5 Å². The number of nitrogens with one attached hydrogen (secondary N) is 1. The van der Waals surface area contributed by atoms with Gasteiger partial charge in [0.25, 0.3) is 0 Å². The van der Waals surface area contributed by atoms with E-state index >= 15 is 0 Å². The van der Waals surface area contributed by atoms with Gasteiger partial charge in [-0.2, -0.15) is 0 Å². The van der Waals surface area contributed by atoms with E-state index in [1.54, 1.807) is 13.0 Å². The summed E-state index contributed by atoms with van der Waals surface area (Å²) in [5, 5.41) is 2.50. The fourth-order valence-electron chi connectivity index (χ4n) is 1.59. The quantitative estimate of drug-likeness (QED) is 0.828. The van der Waals surface area contributed by atoms with E-state index in [9.17, 15) is 13.2 Å². The van der Waals surface area contributed by atoms with E-state index in [-0.39, 0.29) is 16.2 Å². The first kappa shape index (κ1) is 13.5. The molecule has 98 valence electrons. The van der Waals surface area contributed by atoms with Crippen molar-refractivity contribution < 1.29 is 13.2 Å². The minimum Gasteiger partial charge on any atom is -0.344 e. The lowest BCUT2D eigenvalue weighted by Crippen LogP contribution is -2.13. The molecule has 0 amide bonds. The van der Waals surface area contributed by atoms with Crippen LogP contribution >= 0.6 is 12.2 Å². The van der Waals surface area contributed by atoms with Gasteiger partial charge in [0.15, 0.2) is 0 Å². The molecule has 0 unspecified atom stereocenters. The van der Waals surface area contributed by atoms with Crippen LogP contribution in [0.4, 0.5) is 18.9 Å². The number of halogens is 3.